The zero-order chi connectivity index (χ0) is 51.8. The number of benzene rings is 6. The average molecular weight is 981 g/mol. The maximum absolute atomic E-state index is 13.7. The Morgan fingerprint density at radius 1 is 0.514 bits per heavy atom. The number of hydrogen-bond donors (Lipinski definition) is 0. The number of ether oxygens (including phenoxy) is 2. The van der Waals surface area contributed by atoms with Crippen LogP contribution in [0.1, 0.15) is 211 Å². The predicted molar refractivity (Wildman–Crippen MR) is 313 cm³/mol. The average Bonchev–Trinajstić information content (AvgIpc) is 3.42. The van der Waals surface area contributed by atoms with Crippen molar-refractivity contribution < 1.29 is 19.1 Å². The van der Waals surface area contributed by atoms with E-state index in [9.17, 15) is 9.59 Å². The van der Waals surface area contributed by atoms with Gasteiger partial charge in [0, 0.05) is 46.2 Å². The number of carbonyl (C=O) groups is 2. The largest absolute Gasteiger partial charge is 0.457 e. The summed E-state index contributed by atoms with van der Waals surface area (Å²) in [7, 11) is 0. The van der Waals surface area contributed by atoms with Gasteiger partial charge in [-0.3, -0.25) is 9.59 Å². The van der Waals surface area contributed by atoms with Gasteiger partial charge < -0.3 is 9.47 Å². The van der Waals surface area contributed by atoms with Crippen LogP contribution in [-0.4, -0.2) is 11.9 Å². The predicted octanol–water partition coefficient (Wildman–Crippen LogP) is 18.8. The van der Waals surface area contributed by atoms with Crippen molar-refractivity contribution in [2.45, 2.75) is 155 Å². The second-order valence-corrected chi connectivity index (χ2v) is 20.6. The van der Waals surface area contributed by atoms with Crippen molar-refractivity contribution in [3.05, 3.63) is 166 Å². The summed E-state index contributed by atoms with van der Waals surface area (Å²) in [5, 5.41) is 6.26. The summed E-state index contributed by atoms with van der Waals surface area (Å²) in [6.45, 7) is 17.2. The Bertz CT molecular complexity index is 2980. The molecule has 4 nitrogen and oxygen atoms in total. The monoisotopic (exact) mass is 981 g/mol. The highest BCUT2D eigenvalue weighted by Gasteiger charge is 2.28. The Hall–Kier alpha value is -6.88. The Labute approximate surface area is 442 Å². The van der Waals surface area contributed by atoms with Gasteiger partial charge in [-0.1, -0.05) is 214 Å². The molecule has 4 unspecified atom stereocenters. The molecule has 8 rings (SSSR count). The summed E-state index contributed by atoms with van der Waals surface area (Å²) >= 11 is 0. The smallest absolute Gasteiger partial charge is 0.309 e. The summed E-state index contributed by atoms with van der Waals surface area (Å²) in [6, 6.07) is 29.9. The van der Waals surface area contributed by atoms with Gasteiger partial charge in [0.25, 0.3) is 0 Å². The highest BCUT2D eigenvalue weighted by molar-refractivity contribution is 6.14. The number of hydrogen-bond acceptors (Lipinski definition) is 4. The van der Waals surface area contributed by atoms with Gasteiger partial charge in [0.15, 0.2) is 0 Å². The fourth-order valence-corrected chi connectivity index (χ4v) is 10.9. The molecule has 4 heteroatoms. The summed E-state index contributed by atoms with van der Waals surface area (Å²) < 4.78 is 12.7. The molecule has 0 aromatic heterocycles. The van der Waals surface area contributed by atoms with Gasteiger partial charge >= 0.3 is 11.9 Å². The van der Waals surface area contributed by atoms with Gasteiger partial charge in [0.2, 0.25) is 0 Å². The SMILES string of the molecule is C=Cc1cc2c(C#Cc3ccc4c(c3)C=CCC4OC(=O)C(CCCC)CCCCCC)c3cc4ccccc4cc3c(C#Cc3ccc4c(c3)C=CCC4OC(=O)C(CCCC)CCCCCC)c2cc1C=C. The van der Waals surface area contributed by atoms with Crippen molar-refractivity contribution >= 4 is 68.6 Å². The van der Waals surface area contributed by atoms with Gasteiger partial charge in [-0.15, -0.1) is 0 Å². The van der Waals surface area contributed by atoms with Crippen LogP contribution in [0.4, 0.5) is 0 Å². The number of rotatable bonds is 22. The molecular weight excluding hydrogens is 905 g/mol. The van der Waals surface area contributed by atoms with E-state index < -0.39 is 0 Å². The van der Waals surface area contributed by atoms with Crippen molar-refractivity contribution in [2.24, 2.45) is 11.8 Å². The van der Waals surface area contributed by atoms with Gasteiger partial charge in [-0.25, -0.2) is 0 Å². The van der Waals surface area contributed by atoms with E-state index in [4.69, 9.17) is 9.47 Å². The Morgan fingerprint density at radius 2 is 0.919 bits per heavy atom. The second-order valence-electron chi connectivity index (χ2n) is 20.6. The zero-order valence-electron chi connectivity index (χ0n) is 44.6. The highest BCUT2D eigenvalue weighted by Crippen LogP contribution is 2.39. The summed E-state index contributed by atoms with van der Waals surface area (Å²) in [4.78, 5) is 27.4. The Morgan fingerprint density at radius 3 is 1.32 bits per heavy atom. The molecule has 2 aliphatic rings. The summed E-state index contributed by atoms with van der Waals surface area (Å²) in [5.41, 5.74) is 9.66. The lowest BCUT2D eigenvalue weighted by Crippen LogP contribution is -2.21. The van der Waals surface area contributed by atoms with Crippen molar-refractivity contribution in [1.29, 1.82) is 0 Å². The molecule has 0 spiro atoms. The van der Waals surface area contributed by atoms with E-state index in [1.165, 1.54) is 25.7 Å². The van der Waals surface area contributed by atoms with Crippen LogP contribution >= 0.6 is 0 Å². The van der Waals surface area contributed by atoms with Crippen LogP contribution in [-0.2, 0) is 19.1 Å². The van der Waals surface area contributed by atoms with Crippen molar-refractivity contribution in [3.8, 4) is 23.7 Å². The molecule has 0 fully saturated rings. The summed E-state index contributed by atoms with van der Waals surface area (Å²) in [6.07, 6.45) is 30.0. The van der Waals surface area contributed by atoms with Crippen molar-refractivity contribution in [3.63, 3.8) is 0 Å². The standard InChI is InChI=1S/C70H76O4/c1-7-13-17-19-27-53(25-15-9-3)69(71)73-67-33-23-31-57-43-49(35-39-59(57)67)37-41-61-63-45-51(11-5)52(12-6)46-64(63)62(66-48-56-30-22-21-29-55(56)47-65(61)66)42-38-50-36-40-60-58(44-50)32-24-34-68(60)74-70(72)54(26-16-10-4)28-20-18-14-8-2/h11-12,21-24,29-32,35-36,39-40,43-48,53-54,67-68H,5-10,13-20,25-28,33-34H2,1-4H3. The van der Waals surface area contributed by atoms with Crippen LogP contribution in [0, 0.1) is 35.5 Å². The molecule has 2 aliphatic carbocycles. The van der Waals surface area contributed by atoms with E-state index in [1.807, 2.05) is 12.2 Å². The minimum atomic E-state index is -0.312. The Kier molecular flexibility index (Phi) is 19.0. The lowest BCUT2D eigenvalue weighted by molar-refractivity contribution is -0.156. The number of carbonyl (C=O) groups excluding carboxylic acids is 2. The molecule has 0 amide bonds. The molecule has 0 heterocycles. The first-order chi connectivity index (χ1) is 36.3. The fourth-order valence-electron chi connectivity index (χ4n) is 10.9. The van der Waals surface area contributed by atoms with E-state index in [0.717, 1.165) is 165 Å². The number of esters is 2. The van der Waals surface area contributed by atoms with E-state index in [1.54, 1.807) is 0 Å². The van der Waals surface area contributed by atoms with Gasteiger partial charge in [-0.05, 0) is 129 Å². The molecule has 6 aromatic rings. The highest BCUT2D eigenvalue weighted by atomic mass is 16.5. The van der Waals surface area contributed by atoms with Crippen molar-refractivity contribution in [2.75, 3.05) is 0 Å². The molecule has 74 heavy (non-hydrogen) atoms. The maximum atomic E-state index is 13.7. The van der Waals surface area contributed by atoms with E-state index in [0.29, 0.717) is 12.8 Å². The second kappa shape index (κ2) is 26.4. The lowest BCUT2D eigenvalue weighted by Gasteiger charge is -2.25. The normalized spacial score (nSPS) is 15.3. The van der Waals surface area contributed by atoms with Gasteiger partial charge in [-0.2, -0.15) is 0 Å². The molecule has 0 N–H and O–H groups in total. The fraction of sp³-hybridized carbons (Fsp3) is 0.371. The topological polar surface area (TPSA) is 52.6 Å². The van der Waals surface area contributed by atoms with E-state index in [-0.39, 0.29) is 36.0 Å². The molecule has 4 atom stereocenters. The van der Waals surface area contributed by atoms with Gasteiger partial charge in [0.05, 0.1) is 11.8 Å². The zero-order valence-corrected chi connectivity index (χ0v) is 44.6. The first-order valence-corrected chi connectivity index (χ1v) is 28.0. The minimum Gasteiger partial charge on any atom is -0.457 e. The van der Waals surface area contributed by atoms with E-state index in [2.05, 4.69) is 174 Å². The molecule has 0 saturated heterocycles. The summed E-state index contributed by atoms with van der Waals surface area (Å²) in [5.74, 6) is 14.3. The third-order valence-electron chi connectivity index (χ3n) is 15.3. The van der Waals surface area contributed by atoms with Crippen LogP contribution in [0.15, 0.2) is 110 Å². The number of fused-ring (bicyclic) bond motifs is 5. The Balaban J connectivity index is 1.14. The minimum absolute atomic E-state index is 0.0545. The third kappa shape index (κ3) is 12.9. The van der Waals surface area contributed by atoms with Crippen LogP contribution in [0.3, 0.4) is 0 Å². The van der Waals surface area contributed by atoms with Crippen LogP contribution < -0.4 is 0 Å². The third-order valence-corrected chi connectivity index (χ3v) is 15.3. The first kappa shape index (κ1) is 53.4. The maximum Gasteiger partial charge on any atom is 0.309 e. The number of unbranched alkanes of at least 4 members (excludes halogenated alkanes) is 8. The molecule has 0 radical (unpaired) electrons. The molecule has 6 aromatic carbocycles. The van der Waals surface area contributed by atoms with Crippen molar-refractivity contribution in [1.82, 2.24) is 0 Å². The van der Waals surface area contributed by atoms with E-state index >= 15 is 0 Å². The van der Waals surface area contributed by atoms with Crippen LogP contribution in [0.2, 0.25) is 0 Å². The first-order valence-electron chi connectivity index (χ1n) is 28.0. The quantitative estimate of drug-likeness (QED) is 0.0294. The molecular formula is C70H76O4. The molecule has 0 aliphatic heterocycles. The van der Waals surface area contributed by atoms with Crippen LogP contribution in [0.5, 0.6) is 0 Å². The van der Waals surface area contributed by atoms with Crippen LogP contribution in [0.25, 0.3) is 56.6 Å². The molecule has 0 saturated carbocycles. The molecule has 0 bridgehead atoms. The lowest BCUT2D eigenvalue weighted by atomic mass is 9.87. The molecule has 380 valence electrons. The van der Waals surface area contributed by atoms with Gasteiger partial charge in [0.1, 0.15) is 12.2 Å².